The van der Waals surface area contributed by atoms with Crippen LogP contribution in [0.3, 0.4) is 0 Å². The summed E-state index contributed by atoms with van der Waals surface area (Å²) in [5.41, 5.74) is 3.36. The maximum absolute atomic E-state index is 12.0. The summed E-state index contributed by atoms with van der Waals surface area (Å²) >= 11 is 0. The zero-order valence-corrected chi connectivity index (χ0v) is 19.1. The number of nitrogens with two attached hydrogens (primary N) is 1. The predicted molar refractivity (Wildman–Crippen MR) is 105 cm³/mol. The number of aliphatic imine (C=N–C) groups is 1. The summed E-state index contributed by atoms with van der Waals surface area (Å²) in [6.45, 7) is -1.88. The number of phosphoric acid groups is 2. The highest BCUT2D eigenvalue weighted by molar-refractivity contribution is 7.61. The van der Waals surface area contributed by atoms with Gasteiger partial charge in [0.25, 0.3) is 0 Å². The second-order valence-electron chi connectivity index (χ2n) is 7.52. The lowest BCUT2D eigenvalue weighted by Crippen LogP contribution is -2.49. The van der Waals surface area contributed by atoms with Crippen molar-refractivity contribution in [2.45, 2.75) is 49.6 Å². The Hall–Kier alpha value is -1.04. The minimum absolute atomic E-state index is 0.0256. The summed E-state index contributed by atoms with van der Waals surface area (Å²) in [6, 6.07) is -0.825. The zero-order valence-electron chi connectivity index (χ0n) is 17.3. The molecular formula is C14H27N3O14P2. The third-order valence-electron chi connectivity index (χ3n) is 4.78. The topological polar surface area (TPSA) is 271 Å². The van der Waals surface area contributed by atoms with Crippen LogP contribution in [0.2, 0.25) is 0 Å². The van der Waals surface area contributed by atoms with Crippen LogP contribution in [0.1, 0.15) is 13.3 Å². The van der Waals surface area contributed by atoms with E-state index in [1.807, 2.05) is 0 Å². The van der Waals surface area contributed by atoms with Gasteiger partial charge in [0, 0.05) is 13.0 Å². The van der Waals surface area contributed by atoms with E-state index in [1.54, 1.807) is 0 Å². The first kappa shape index (κ1) is 28.2. The van der Waals surface area contributed by atoms with Gasteiger partial charge in [-0.25, -0.2) is 13.9 Å². The second kappa shape index (κ2) is 10.7. The van der Waals surface area contributed by atoms with Gasteiger partial charge in [0.1, 0.15) is 35.9 Å². The number of hydrogen-bond donors (Lipinski definition) is 8. The molecule has 2 aliphatic heterocycles. The number of ether oxygens (including phenoxy) is 1. The number of phosphoric ester groups is 2. The molecule has 1 saturated heterocycles. The number of rotatable bonds is 11. The van der Waals surface area contributed by atoms with Crippen LogP contribution in [-0.2, 0) is 27.2 Å². The molecule has 9 N–H and O–H groups in total. The lowest BCUT2D eigenvalue weighted by Gasteiger charge is -2.31. The Morgan fingerprint density at radius 3 is 2.45 bits per heavy atom. The van der Waals surface area contributed by atoms with E-state index in [4.69, 9.17) is 15.6 Å². The summed E-state index contributed by atoms with van der Waals surface area (Å²) in [5, 5.41) is 48.4. The molecule has 192 valence electrons. The largest absolute Gasteiger partial charge is 0.481 e. The van der Waals surface area contributed by atoms with E-state index in [0.717, 1.165) is 11.8 Å². The normalized spacial score (nSPS) is 32.5. The Balaban J connectivity index is 1.91. The summed E-state index contributed by atoms with van der Waals surface area (Å²) in [6.07, 6.45) is -7.81. The fourth-order valence-electron chi connectivity index (χ4n) is 2.73. The Kier molecular flexibility index (Phi) is 9.14. The molecule has 2 rings (SSSR count). The number of amides is 2. The van der Waals surface area contributed by atoms with Crippen LogP contribution in [0, 0.1) is 0 Å². The van der Waals surface area contributed by atoms with Gasteiger partial charge in [-0.15, -0.1) is 0 Å². The molecule has 0 aromatic heterocycles. The highest BCUT2D eigenvalue weighted by Gasteiger charge is 2.48. The fraction of sp³-hybridized carbons (Fsp3) is 0.857. The highest BCUT2D eigenvalue weighted by Crippen LogP contribution is 2.60. The number of urea groups is 1. The smallest absolute Gasteiger partial charge is 0.393 e. The quantitative estimate of drug-likeness (QED) is 0.125. The first-order valence-corrected chi connectivity index (χ1v) is 12.4. The molecule has 0 aromatic rings. The molecule has 0 saturated carbocycles. The van der Waals surface area contributed by atoms with E-state index < -0.39 is 77.7 Å². The molecule has 0 spiro atoms. The number of nitrogens with zero attached hydrogens (tertiary/aromatic N) is 2. The van der Waals surface area contributed by atoms with Gasteiger partial charge in [-0.3, -0.25) is 13.9 Å². The van der Waals surface area contributed by atoms with E-state index in [-0.39, 0.29) is 18.8 Å². The van der Waals surface area contributed by atoms with Crippen LogP contribution < -0.4 is 5.73 Å². The molecule has 33 heavy (non-hydrogen) atoms. The minimum Gasteiger partial charge on any atom is -0.393 e. The molecule has 2 amide bonds. The zero-order chi connectivity index (χ0) is 25.2. The molecule has 19 heteroatoms. The summed E-state index contributed by atoms with van der Waals surface area (Å²) in [4.78, 5) is 35.7. The molecule has 2 heterocycles. The molecule has 0 radical (unpaired) electrons. The third kappa shape index (κ3) is 7.47. The fourth-order valence-corrected chi connectivity index (χ4v) is 4.81. The number of amidine groups is 1. The number of carbonyl (C=O) groups excluding carboxylic acids is 1. The van der Waals surface area contributed by atoms with Gasteiger partial charge in [0.05, 0.1) is 19.8 Å². The van der Waals surface area contributed by atoms with E-state index >= 15 is 0 Å². The van der Waals surface area contributed by atoms with Crippen molar-refractivity contribution >= 4 is 27.5 Å². The van der Waals surface area contributed by atoms with Crippen LogP contribution in [-0.4, -0.2) is 115 Å². The van der Waals surface area contributed by atoms with Gasteiger partial charge in [-0.05, 0) is 6.92 Å². The third-order valence-corrected chi connectivity index (χ3v) is 7.38. The predicted octanol–water partition coefficient (Wildman–Crippen LogP) is -3.03. The van der Waals surface area contributed by atoms with Crippen molar-refractivity contribution in [1.82, 2.24) is 4.90 Å². The van der Waals surface area contributed by atoms with Crippen LogP contribution in [0.15, 0.2) is 4.99 Å². The SMILES string of the molecule is C[C@](O)(CO)[C@H](O)COP(=O)(O)OP(=O)(O)OC[C@H]1O[C@@H](N2CCC(N)=NC2=O)[C@H](O)[C@@H]1O. The first-order valence-electron chi connectivity index (χ1n) is 9.41. The van der Waals surface area contributed by atoms with E-state index in [1.165, 1.54) is 0 Å². The van der Waals surface area contributed by atoms with Crippen LogP contribution in [0.25, 0.3) is 0 Å². The van der Waals surface area contributed by atoms with Gasteiger partial charge >= 0.3 is 21.7 Å². The Bertz CT molecular complexity index is 840. The Morgan fingerprint density at radius 2 is 1.88 bits per heavy atom. The van der Waals surface area contributed by atoms with Crippen molar-refractivity contribution in [3.05, 3.63) is 0 Å². The van der Waals surface area contributed by atoms with Gasteiger partial charge in [0.15, 0.2) is 6.23 Å². The summed E-state index contributed by atoms with van der Waals surface area (Å²) in [5.74, 6) is 0.0747. The standard InChI is InChI=1S/C14H27N3O14P2/c1-14(23,6-18)8(19)5-29-33(26,27)31-32(24,25)28-4-7-10(20)11(21)12(30-7)17-3-2-9(15)16-13(17)22/h7-8,10-12,18-21,23H,2-6H2,1H3,(H,24,25)(H,26,27)(H2,15,16,22)/t7-,8-,10-,11-,12-,14+/m1/s1. The molecule has 1 fully saturated rings. The molecular weight excluding hydrogens is 496 g/mol. The van der Waals surface area contributed by atoms with Crippen molar-refractivity contribution in [2.24, 2.45) is 10.7 Å². The minimum atomic E-state index is -5.32. The lowest BCUT2D eigenvalue weighted by atomic mass is 10.0. The molecule has 8 atom stereocenters. The van der Waals surface area contributed by atoms with Crippen LogP contribution in [0.4, 0.5) is 4.79 Å². The second-order valence-corrected chi connectivity index (χ2v) is 10.6. The van der Waals surface area contributed by atoms with Crippen molar-refractivity contribution in [3.8, 4) is 0 Å². The molecule has 0 bridgehead atoms. The first-order chi connectivity index (χ1) is 15.1. The lowest BCUT2D eigenvalue weighted by molar-refractivity contribution is -0.107. The van der Waals surface area contributed by atoms with Crippen LogP contribution >= 0.6 is 15.6 Å². The van der Waals surface area contributed by atoms with Crippen molar-refractivity contribution in [1.29, 1.82) is 0 Å². The Labute approximate surface area is 187 Å². The maximum Gasteiger partial charge on any atom is 0.481 e. The molecule has 17 nitrogen and oxygen atoms in total. The van der Waals surface area contributed by atoms with Gasteiger partial charge in [-0.1, -0.05) is 0 Å². The monoisotopic (exact) mass is 523 g/mol. The average molecular weight is 523 g/mol. The van der Waals surface area contributed by atoms with E-state index in [9.17, 15) is 44.1 Å². The van der Waals surface area contributed by atoms with Gasteiger partial charge in [0.2, 0.25) is 0 Å². The number of aliphatic hydroxyl groups excluding tert-OH is 4. The van der Waals surface area contributed by atoms with Crippen LogP contribution in [0.5, 0.6) is 0 Å². The Morgan fingerprint density at radius 1 is 1.27 bits per heavy atom. The van der Waals surface area contributed by atoms with Gasteiger partial charge in [-0.2, -0.15) is 9.30 Å². The van der Waals surface area contributed by atoms with Crippen molar-refractivity contribution in [2.75, 3.05) is 26.4 Å². The average Bonchev–Trinajstić information content (AvgIpc) is 2.98. The van der Waals surface area contributed by atoms with Crippen molar-refractivity contribution < 1.29 is 67.3 Å². The summed E-state index contributed by atoms with van der Waals surface area (Å²) < 4.78 is 42.0. The molecule has 0 aliphatic carbocycles. The summed E-state index contributed by atoms with van der Waals surface area (Å²) in [7, 11) is -10.6. The molecule has 2 unspecified atom stereocenters. The number of aliphatic hydroxyl groups is 5. The number of carbonyl (C=O) groups is 1. The van der Waals surface area contributed by atoms with Crippen molar-refractivity contribution in [3.63, 3.8) is 0 Å². The van der Waals surface area contributed by atoms with Gasteiger partial charge < -0.3 is 45.8 Å². The number of hydrogen-bond acceptors (Lipinski definition) is 13. The molecule has 0 aromatic carbocycles. The van der Waals surface area contributed by atoms with E-state index in [0.29, 0.717) is 0 Å². The maximum atomic E-state index is 12.0. The van der Waals surface area contributed by atoms with E-state index in [2.05, 4.69) is 18.4 Å². The molecule has 2 aliphatic rings. The highest BCUT2D eigenvalue weighted by atomic mass is 31.3.